The number of benzene rings is 2. The lowest BCUT2D eigenvalue weighted by Gasteiger charge is -2.19. The molecule has 0 aliphatic carbocycles. The summed E-state index contributed by atoms with van der Waals surface area (Å²) in [6, 6.07) is 14.1. The molecule has 0 spiro atoms. The Morgan fingerprint density at radius 3 is 2.29 bits per heavy atom. The molecule has 2 aromatic carbocycles. The van der Waals surface area contributed by atoms with E-state index in [-0.39, 0.29) is 39.2 Å². The number of nitriles is 1. The van der Waals surface area contributed by atoms with Crippen LogP contribution in [0.4, 0.5) is 5.69 Å². The van der Waals surface area contributed by atoms with E-state index in [0.717, 1.165) is 15.2 Å². The molecule has 35 heavy (non-hydrogen) atoms. The van der Waals surface area contributed by atoms with Gasteiger partial charge in [0.15, 0.2) is 0 Å². The Balaban J connectivity index is 1.71. The van der Waals surface area contributed by atoms with Crippen molar-refractivity contribution in [3.05, 3.63) is 88.7 Å². The number of anilines is 1. The molecule has 4 rings (SSSR count). The molecule has 0 bridgehead atoms. The van der Waals surface area contributed by atoms with Crippen molar-refractivity contribution in [2.24, 2.45) is 0 Å². The van der Waals surface area contributed by atoms with Crippen LogP contribution in [0.25, 0.3) is 0 Å². The highest BCUT2D eigenvalue weighted by Crippen LogP contribution is 2.34. The highest BCUT2D eigenvalue weighted by Gasteiger charge is 2.40. The fraction of sp³-hybridized carbons (Fsp3) is 0.200. The summed E-state index contributed by atoms with van der Waals surface area (Å²) >= 11 is 0. The molecule has 0 unspecified atom stereocenters. The van der Waals surface area contributed by atoms with E-state index in [1.54, 1.807) is 24.3 Å². The zero-order valence-electron chi connectivity index (χ0n) is 19.3. The van der Waals surface area contributed by atoms with Crippen LogP contribution < -0.4 is 9.45 Å². The molecule has 2 amide bonds. The monoisotopic (exact) mass is 491 g/mol. The van der Waals surface area contributed by atoms with Gasteiger partial charge in [-0.2, -0.15) is 5.26 Å². The Morgan fingerprint density at radius 1 is 1.03 bits per heavy atom. The minimum Gasteiger partial charge on any atom is -0.285 e. The SMILES string of the molecule is CC(C)(C)c1ccc(S(=O)(=O)Nc2ccc(C#N)c3c2C(=O)N(Cc2ccc[n+](O)c2)C3=O)cc1. The molecule has 10 heteroatoms. The molecule has 1 aliphatic rings. The maximum Gasteiger partial charge on any atom is 0.264 e. The number of hydrogen-bond acceptors (Lipinski definition) is 6. The van der Waals surface area contributed by atoms with Crippen molar-refractivity contribution in [1.82, 2.24) is 4.90 Å². The third-order valence-electron chi connectivity index (χ3n) is 5.71. The van der Waals surface area contributed by atoms with E-state index in [2.05, 4.69) is 4.72 Å². The average Bonchev–Trinajstić information content (AvgIpc) is 3.04. The number of aromatic nitrogens is 1. The van der Waals surface area contributed by atoms with E-state index < -0.39 is 21.8 Å². The van der Waals surface area contributed by atoms with E-state index >= 15 is 0 Å². The first kappa shape index (κ1) is 23.9. The van der Waals surface area contributed by atoms with Gasteiger partial charge in [-0.15, -0.1) is 0 Å². The number of carbonyl (C=O) groups is 2. The van der Waals surface area contributed by atoms with Crippen LogP contribution in [-0.4, -0.2) is 30.3 Å². The van der Waals surface area contributed by atoms with Crippen LogP contribution in [-0.2, 0) is 22.0 Å². The standard InChI is InChI=1S/C25H22N4O5S/c1-25(2,3)18-7-9-19(10-8-18)35(33,34)27-20-11-6-17(13-26)21-22(20)24(31)29(23(21)30)15-16-5-4-12-28(32)14-16/h4-12,14H,15H2,1-3H3,(H-,27,31,32)/p+1. The highest BCUT2D eigenvalue weighted by molar-refractivity contribution is 7.92. The fourth-order valence-electron chi connectivity index (χ4n) is 3.86. The third kappa shape index (κ3) is 4.46. The molecule has 2 N–H and O–H groups in total. The Labute approximate surface area is 202 Å². The van der Waals surface area contributed by atoms with E-state index in [9.17, 15) is 28.5 Å². The second-order valence-electron chi connectivity index (χ2n) is 9.19. The van der Waals surface area contributed by atoms with E-state index in [1.165, 1.54) is 36.7 Å². The largest absolute Gasteiger partial charge is 0.285 e. The van der Waals surface area contributed by atoms with Gasteiger partial charge in [-0.3, -0.25) is 24.4 Å². The smallest absolute Gasteiger partial charge is 0.264 e. The van der Waals surface area contributed by atoms with Crippen LogP contribution in [0, 0.1) is 11.3 Å². The highest BCUT2D eigenvalue weighted by atomic mass is 32.2. The normalized spacial score (nSPS) is 13.5. The van der Waals surface area contributed by atoms with Crippen LogP contribution in [0.2, 0.25) is 0 Å². The first-order valence-electron chi connectivity index (χ1n) is 10.7. The molecule has 0 radical (unpaired) electrons. The Morgan fingerprint density at radius 2 is 1.69 bits per heavy atom. The summed E-state index contributed by atoms with van der Waals surface area (Å²) in [6.45, 7) is 5.87. The van der Waals surface area contributed by atoms with Gasteiger partial charge in [0.2, 0.25) is 12.4 Å². The van der Waals surface area contributed by atoms with Crippen molar-refractivity contribution in [3.8, 4) is 6.07 Å². The second kappa shape index (κ2) is 8.52. The van der Waals surface area contributed by atoms with Gasteiger partial charge in [0.1, 0.15) is 0 Å². The van der Waals surface area contributed by atoms with Crippen LogP contribution in [0.15, 0.2) is 65.8 Å². The van der Waals surface area contributed by atoms with Gasteiger partial charge in [0, 0.05) is 16.4 Å². The molecule has 178 valence electrons. The summed E-state index contributed by atoms with van der Waals surface area (Å²) in [5.74, 6) is -1.46. The summed E-state index contributed by atoms with van der Waals surface area (Å²) in [5.41, 5.74) is 0.786. The van der Waals surface area contributed by atoms with Crippen molar-refractivity contribution in [2.75, 3.05) is 4.72 Å². The Kier molecular flexibility index (Phi) is 5.82. The van der Waals surface area contributed by atoms with Crippen LogP contribution in [0.1, 0.15) is 58.2 Å². The quantitative estimate of drug-likeness (QED) is 0.320. The molecule has 9 nitrogen and oxygen atoms in total. The zero-order valence-corrected chi connectivity index (χ0v) is 20.1. The summed E-state index contributed by atoms with van der Waals surface area (Å²) in [6.07, 6.45) is 2.71. The third-order valence-corrected chi connectivity index (χ3v) is 7.09. The number of nitrogens with one attached hydrogen (secondary N) is 1. The van der Waals surface area contributed by atoms with Gasteiger partial charge >= 0.3 is 0 Å². The number of amides is 2. The number of carbonyl (C=O) groups excluding carboxylic acids is 2. The van der Waals surface area contributed by atoms with Gasteiger partial charge < -0.3 is 0 Å². The van der Waals surface area contributed by atoms with Crippen molar-refractivity contribution >= 4 is 27.5 Å². The summed E-state index contributed by atoms with van der Waals surface area (Å²) in [4.78, 5) is 27.3. The summed E-state index contributed by atoms with van der Waals surface area (Å²) < 4.78 is 29.4. The van der Waals surface area contributed by atoms with Gasteiger partial charge in [-0.25, -0.2) is 8.42 Å². The molecule has 0 saturated heterocycles. The first-order chi connectivity index (χ1) is 16.4. The van der Waals surface area contributed by atoms with Crippen LogP contribution >= 0.6 is 0 Å². The number of fused-ring (bicyclic) bond motifs is 1. The van der Waals surface area contributed by atoms with E-state index in [4.69, 9.17) is 0 Å². The number of hydrogen-bond donors (Lipinski definition) is 2. The topological polar surface area (TPSA) is 131 Å². The van der Waals surface area contributed by atoms with Crippen molar-refractivity contribution in [3.63, 3.8) is 0 Å². The maximum absolute atomic E-state index is 13.3. The predicted molar refractivity (Wildman–Crippen MR) is 125 cm³/mol. The molecule has 0 atom stereocenters. The second-order valence-corrected chi connectivity index (χ2v) is 10.9. The molecular weight excluding hydrogens is 468 g/mol. The van der Waals surface area contributed by atoms with Gasteiger partial charge in [-0.05, 0) is 41.3 Å². The number of imide groups is 1. The minimum absolute atomic E-state index is 0.00553. The van der Waals surface area contributed by atoms with E-state index in [1.807, 2.05) is 26.8 Å². The van der Waals surface area contributed by atoms with Crippen molar-refractivity contribution in [2.45, 2.75) is 37.6 Å². The molecule has 1 aliphatic heterocycles. The van der Waals surface area contributed by atoms with Crippen LogP contribution in [0.5, 0.6) is 0 Å². The summed E-state index contributed by atoms with van der Waals surface area (Å²) in [7, 11) is -4.09. The maximum atomic E-state index is 13.3. The van der Waals surface area contributed by atoms with Crippen molar-refractivity contribution in [1.29, 1.82) is 5.26 Å². The average molecular weight is 492 g/mol. The Hall–Kier alpha value is -4.23. The molecule has 0 saturated carbocycles. The number of rotatable bonds is 5. The number of pyridine rings is 1. The molecular formula is C25H23N4O5S+. The molecule has 0 fully saturated rings. The lowest BCUT2D eigenvalue weighted by Crippen LogP contribution is -2.33. The fourth-order valence-corrected chi connectivity index (χ4v) is 4.93. The van der Waals surface area contributed by atoms with Gasteiger partial charge in [-0.1, -0.05) is 32.9 Å². The molecule has 1 aromatic heterocycles. The zero-order chi connectivity index (χ0) is 25.5. The predicted octanol–water partition coefficient (Wildman–Crippen LogP) is 2.98. The number of sulfonamides is 1. The van der Waals surface area contributed by atoms with Crippen molar-refractivity contribution < 1.29 is 27.9 Å². The molecule has 3 aromatic rings. The lowest BCUT2D eigenvalue weighted by molar-refractivity contribution is -0.905. The number of nitrogens with zero attached hydrogens (tertiary/aromatic N) is 3. The van der Waals surface area contributed by atoms with Gasteiger partial charge in [0.05, 0.1) is 39.9 Å². The Bertz CT molecular complexity index is 1500. The first-order valence-corrected chi connectivity index (χ1v) is 12.2. The lowest BCUT2D eigenvalue weighted by atomic mass is 9.87. The van der Waals surface area contributed by atoms with Crippen LogP contribution in [0.3, 0.4) is 0 Å². The minimum atomic E-state index is -4.09. The summed E-state index contributed by atoms with van der Waals surface area (Å²) in [5, 5.41) is 19.1. The van der Waals surface area contributed by atoms with E-state index in [0.29, 0.717) is 5.56 Å². The molecule has 2 heterocycles. The van der Waals surface area contributed by atoms with Gasteiger partial charge in [0.25, 0.3) is 21.8 Å².